The summed E-state index contributed by atoms with van der Waals surface area (Å²) in [5.74, 6) is 0.998. The number of nitrogens with one attached hydrogen (secondary N) is 1. The van der Waals surface area contributed by atoms with E-state index in [2.05, 4.69) is 15.4 Å². The molecule has 0 unspecified atom stereocenters. The molecule has 0 radical (unpaired) electrons. The molecule has 6 heteroatoms. The number of rotatable bonds is 5. The number of carbonyl (C=O) groups is 1. The van der Waals surface area contributed by atoms with Gasteiger partial charge >= 0.3 is 0 Å². The maximum Gasteiger partial charge on any atom is 0.234 e. The summed E-state index contributed by atoms with van der Waals surface area (Å²) in [4.78, 5) is 14.4. The molecular weight excluding hydrogens is 318 g/mol. The van der Waals surface area contributed by atoms with Crippen LogP contribution in [0.15, 0.2) is 10.6 Å². The highest BCUT2D eigenvalue weighted by Gasteiger charge is 2.33. The Morgan fingerprint density at radius 2 is 2.00 bits per heavy atom. The van der Waals surface area contributed by atoms with Crippen LogP contribution in [0.2, 0.25) is 0 Å². The van der Waals surface area contributed by atoms with Crippen molar-refractivity contribution in [2.45, 2.75) is 70.4 Å². The topological polar surface area (TPSA) is 78.6 Å². The lowest BCUT2D eigenvalue weighted by molar-refractivity contribution is -0.122. The molecule has 25 heavy (non-hydrogen) atoms. The summed E-state index contributed by atoms with van der Waals surface area (Å²) in [5.41, 5.74) is 0.859. The quantitative estimate of drug-likeness (QED) is 0.850. The minimum atomic E-state index is -0.417. The van der Waals surface area contributed by atoms with E-state index in [-0.39, 0.29) is 11.8 Å². The van der Waals surface area contributed by atoms with E-state index in [1.165, 1.54) is 32.1 Å². The summed E-state index contributed by atoms with van der Waals surface area (Å²) in [6, 6.07) is 2.24. The predicted octanol–water partition coefficient (Wildman–Crippen LogP) is 2.05. The molecule has 3 rings (SSSR count). The summed E-state index contributed by atoms with van der Waals surface area (Å²) in [6.07, 6.45) is 8.78. The molecule has 0 bridgehead atoms. The summed E-state index contributed by atoms with van der Waals surface area (Å²) < 4.78 is 5.25. The minimum Gasteiger partial charge on any atom is -0.391 e. The Labute approximate surface area is 149 Å². The van der Waals surface area contributed by atoms with Crippen LogP contribution < -0.4 is 5.32 Å². The standard InChI is InChI=1S/C19H31N3O3/c1-14-9-17(25-21-14)10-15-11-22(12-18(15)23)13-19(24)20-16-7-5-3-2-4-6-8-16/h9,15-16,18,23H,2-8,10-13H2,1H3,(H,20,24)/t15-,18+/m1/s1. The van der Waals surface area contributed by atoms with Crippen LogP contribution in [-0.4, -0.2) is 52.9 Å². The molecule has 1 aromatic heterocycles. The molecule has 1 aliphatic heterocycles. The van der Waals surface area contributed by atoms with E-state index in [0.717, 1.165) is 30.8 Å². The molecule has 1 amide bonds. The van der Waals surface area contributed by atoms with Crippen molar-refractivity contribution in [3.63, 3.8) is 0 Å². The second kappa shape index (κ2) is 8.81. The third kappa shape index (κ3) is 5.54. The van der Waals surface area contributed by atoms with Crippen molar-refractivity contribution in [2.24, 2.45) is 5.92 Å². The van der Waals surface area contributed by atoms with E-state index in [1.807, 2.05) is 13.0 Å². The Balaban J connectivity index is 1.43. The lowest BCUT2D eigenvalue weighted by Crippen LogP contribution is -2.42. The zero-order valence-electron chi connectivity index (χ0n) is 15.2. The second-order valence-electron chi connectivity index (χ2n) is 7.77. The SMILES string of the molecule is Cc1cc(C[C@@H]2CN(CC(=O)NC3CCCCCCC3)C[C@@H]2O)on1. The minimum absolute atomic E-state index is 0.0916. The lowest BCUT2D eigenvalue weighted by atomic mass is 9.97. The number of amides is 1. The van der Waals surface area contributed by atoms with Crippen LogP contribution in [0.5, 0.6) is 0 Å². The zero-order valence-corrected chi connectivity index (χ0v) is 15.2. The van der Waals surface area contributed by atoms with Crippen molar-refractivity contribution >= 4 is 5.91 Å². The molecule has 6 nitrogen and oxygen atoms in total. The average molecular weight is 349 g/mol. The van der Waals surface area contributed by atoms with Crippen molar-refractivity contribution in [2.75, 3.05) is 19.6 Å². The zero-order chi connectivity index (χ0) is 17.6. The van der Waals surface area contributed by atoms with Crippen molar-refractivity contribution in [1.29, 1.82) is 0 Å². The van der Waals surface area contributed by atoms with Gasteiger partial charge in [0.15, 0.2) is 0 Å². The number of aryl methyl sites for hydroxylation is 1. The number of carbonyl (C=O) groups excluding carboxylic acids is 1. The Morgan fingerprint density at radius 3 is 2.68 bits per heavy atom. The number of β-amino-alcohol motifs (C(OH)–C–C–N with tert-alkyl or cyclic N) is 1. The Hall–Kier alpha value is -1.40. The highest BCUT2D eigenvalue weighted by Crippen LogP contribution is 2.22. The first-order valence-electron chi connectivity index (χ1n) is 9.72. The van der Waals surface area contributed by atoms with Crippen LogP contribution >= 0.6 is 0 Å². The van der Waals surface area contributed by atoms with Crippen LogP contribution in [0.4, 0.5) is 0 Å². The van der Waals surface area contributed by atoms with Crippen molar-refractivity contribution in [3.8, 4) is 0 Å². The fourth-order valence-electron chi connectivity index (χ4n) is 4.12. The molecule has 1 aliphatic carbocycles. The van der Waals surface area contributed by atoms with Gasteiger partial charge in [0.05, 0.1) is 18.3 Å². The largest absolute Gasteiger partial charge is 0.391 e. The summed E-state index contributed by atoms with van der Waals surface area (Å²) in [7, 11) is 0. The first-order chi connectivity index (χ1) is 12.1. The number of aliphatic hydroxyl groups excluding tert-OH is 1. The molecule has 0 spiro atoms. The normalized spacial score (nSPS) is 26.3. The number of hydrogen-bond acceptors (Lipinski definition) is 5. The number of aromatic nitrogens is 1. The highest BCUT2D eigenvalue weighted by molar-refractivity contribution is 5.78. The Bertz CT molecular complexity index is 552. The van der Waals surface area contributed by atoms with E-state index in [9.17, 15) is 9.90 Å². The van der Waals surface area contributed by atoms with Crippen LogP contribution in [-0.2, 0) is 11.2 Å². The van der Waals surface area contributed by atoms with Crippen LogP contribution in [0.25, 0.3) is 0 Å². The molecule has 2 heterocycles. The fraction of sp³-hybridized carbons (Fsp3) is 0.789. The van der Waals surface area contributed by atoms with E-state index in [4.69, 9.17) is 4.52 Å². The first-order valence-corrected chi connectivity index (χ1v) is 9.72. The van der Waals surface area contributed by atoms with Gasteiger partial charge < -0.3 is 14.9 Å². The first kappa shape index (κ1) is 18.4. The molecular formula is C19H31N3O3. The van der Waals surface area contributed by atoms with Crippen LogP contribution in [0, 0.1) is 12.8 Å². The molecule has 2 atom stereocenters. The van der Waals surface area contributed by atoms with E-state index >= 15 is 0 Å². The van der Waals surface area contributed by atoms with Gasteiger partial charge in [-0.3, -0.25) is 9.69 Å². The van der Waals surface area contributed by atoms with E-state index in [1.54, 1.807) is 0 Å². The third-order valence-corrected chi connectivity index (χ3v) is 5.46. The molecule has 2 fully saturated rings. The second-order valence-corrected chi connectivity index (χ2v) is 7.77. The van der Waals surface area contributed by atoms with Crippen LogP contribution in [0.1, 0.15) is 56.4 Å². The maximum atomic E-state index is 12.4. The van der Waals surface area contributed by atoms with Gasteiger partial charge in [0.25, 0.3) is 0 Å². The molecule has 2 aliphatic rings. The molecule has 2 N–H and O–H groups in total. The van der Waals surface area contributed by atoms with Gasteiger partial charge in [-0.05, 0) is 19.8 Å². The van der Waals surface area contributed by atoms with Gasteiger partial charge in [-0.1, -0.05) is 37.3 Å². The molecule has 1 saturated carbocycles. The van der Waals surface area contributed by atoms with Gasteiger partial charge in [0, 0.05) is 37.5 Å². The Morgan fingerprint density at radius 1 is 1.28 bits per heavy atom. The number of likely N-dealkylation sites (tertiary alicyclic amines) is 1. The molecule has 1 aromatic rings. The van der Waals surface area contributed by atoms with Gasteiger partial charge in [-0.15, -0.1) is 0 Å². The highest BCUT2D eigenvalue weighted by atomic mass is 16.5. The number of aliphatic hydroxyl groups is 1. The lowest BCUT2D eigenvalue weighted by Gasteiger charge is -2.22. The fourth-order valence-corrected chi connectivity index (χ4v) is 4.12. The van der Waals surface area contributed by atoms with E-state index < -0.39 is 6.10 Å². The summed E-state index contributed by atoms with van der Waals surface area (Å²) in [5, 5.41) is 17.4. The van der Waals surface area contributed by atoms with Gasteiger partial charge in [0.2, 0.25) is 5.91 Å². The molecule has 140 valence electrons. The average Bonchev–Trinajstić information content (AvgIpc) is 3.08. The van der Waals surface area contributed by atoms with Crippen LogP contribution in [0.3, 0.4) is 0 Å². The third-order valence-electron chi connectivity index (χ3n) is 5.46. The Kier molecular flexibility index (Phi) is 6.48. The van der Waals surface area contributed by atoms with Crippen molar-refractivity contribution in [1.82, 2.24) is 15.4 Å². The van der Waals surface area contributed by atoms with Gasteiger partial charge in [0.1, 0.15) is 5.76 Å². The monoisotopic (exact) mass is 349 g/mol. The van der Waals surface area contributed by atoms with Gasteiger partial charge in [-0.25, -0.2) is 0 Å². The smallest absolute Gasteiger partial charge is 0.234 e. The molecule has 0 aromatic carbocycles. The van der Waals surface area contributed by atoms with E-state index in [0.29, 0.717) is 25.6 Å². The predicted molar refractivity (Wildman–Crippen MR) is 95.1 cm³/mol. The summed E-state index contributed by atoms with van der Waals surface area (Å²) >= 11 is 0. The summed E-state index contributed by atoms with van der Waals surface area (Å²) in [6.45, 7) is 3.54. The van der Waals surface area contributed by atoms with Crippen molar-refractivity contribution in [3.05, 3.63) is 17.5 Å². The maximum absolute atomic E-state index is 12.4. The van der Waals surface area contributed by atoms with Crippen molar-refractivity contribution < 1.29 is 14.4 Å². The molecule has 1 saturated heterocycles. The number of nitrogens with zero attached hydrogens (tertiary/aromatic N) is 2. The van der Waals surface area contributed by atoms with Gasteiger partial charge in [-0.2, -0.15) is 0 Å². The number of hydrogen-bond donors (Lipinski definition) is 2.